The standard InChI is InChI=1S/C17H14N2O4/c20-13-9-5-1-3-7-11(9)15-18(13)17(22)19-14(21)10-6-2-4-8-12(10)16(19)23-15/h1-8,13-16,20-21H/t13-,14+,15+,16-. The summed E-state index contributed by atoms with van der Waals surface area (Å²) in [7, 11) is 0. The number of hydrogen-bond acceptors (Lipinski definition) is 4. The Morgan fingerprint density at radius 3 is 1.57 bits per heavy atom. The summed E-state index contributed by atoms with van der Waals surface area (Å²) in [6.45, 7) is 0. The van der Waals surface area contributed by atoms with Gasteiger partial charge >= 0.3 is 6.03 Å². The van der Waals surface area contributed by atoms with Gasteiger partial charge in [0.25, 0.3) is 0 Å². The number of aliphatic hydroxyl groups excluding tert-OH is 2. The summed E-state index contributed by atoms with van der Waals surface area (Å²) < 4.78 is 6.11. The van der Waals surface area contributed by atoms with Gasteiger partial charge in [-0.15, -0.1) is 0 Å². The van der Waals surface area contributed by atoms with Crippen molar-refractivity contribution in [2.24, 2.45) is 0 Å². The van der Waals surface area contributed by atoms with Crippen LogP contribution < -0.4 is 0 Å². The Bertz CT molecular complexity index is 758. The number of hydrogen-bond donors (Lipinski definition) is 2. The first-order valence-corrected chi connectivity index (χ1v) is 7.48. The molecule has 3 aliphatic heterocycles. The molecule has 0 radical (unpaired) electrons. The summed E-state index contributed by atoms with van der Waals surface area (Å²) in [5.41, 5.74) is 2.89. The van der Waals surface area contributed by atoms with Crippen LogP contribution >= 0.6 is 0 Å². The molecule has 6 nitrogen and oxygen atoms in total. The van der Waals surface area contributed by atoms with E-state index < -0.39 is 30.9 Å². The number of carbonyl (C=O) groups excluding carboxylic acids is 1. The van der Waals surface area contributed by atoms with Crippen molar-refractivity contribution >= 4 is 6.03 Å². The van der Waals surface area contributed by atoms with Crippen LogP contribution in [0.25, 0.3) is 0 Å². The molecule has 3 aliphatic rings. The average Bonchev–Trinajstić information content (AvgIpc) is 3.03. The van der Waals surface area contributed by atoms with Gasteiger partial charge in [-0.1, -0.05) is 48.5 Å². The second-order valence-corrected chi connectivity index (χ2v) is 5.94. The first kappa shape index (κ1) is 13.1. The van der Waals surface area contributed by atoms with Gasteiger partial charge in [0, 0.05) is 22.3 Å². The first-order valence-electron chi connectivity index (χ1n) is 7.48. The van der Waals surface area contributed by atoms with Crippen LogP contribution in [-0.2, 0) is 4.74 Å². The lowest BCUT2D eigenvalue weighted by atomic mass is 10.1. The van der Waals surface area contributed by atoms with Crippen LogP contribution in [0.2, 0.25) is 0 Å². The van der Waals surface area contributed by atoms with Gasteiger partial charge in [0.15, 0.2) is 24.9 Å². The zero-order chi connectivity index (χ0) is 15.7. The number of rotatable bonds is 0. The van der Waals surface area contributed by atoms with E-state index in [1.807, 2.05) is 36.4 Å². The molecule has 116 valence electrons. The number of aliphatic hydroxyl groups is 2. The number of urea groups is 1. The van der Waals surface area contributed by atoms with E-state index in [4.69, 9.17) is 4.74 Å². The van der Waals surface area contributed by atoms with Gasteiger partial charge in [0.2, 0.25) is 0 Å². The third-order valence-corrected chi connectivity index (χ3v) is 4.81. The average molecular weight is 310 g/mol. The largest absolute Gasteiger partial charge is 0.369 e. The molecule has 0 spiro atoms. The maximum Gasteiger partial charge on any atom is 0.329 e. The van der Waals surface area contributed by atoms with Gasteiger partial charge in [-0.2, -0.15) is 0 Å². The smallest absolute Gasteiger partial charge is 0.329 e. The summed E-state index contributed by atoms with van der Waals surface area (Å²) in [5, 5.41) is 21.0. The van der Waals surface area contributed by atoms with E-state index in [-0.39, 0.29) is 0 Å². The summed E-state index contributed by atoms with van der Waals surface area (Å²) in [6.07, 6.45) is -3.43. The Morgan fingerprint density at radius 2 is 1.13 bits per heavy atom. The second-order valence-electron chi connectivity index (χ2n) is 5.94. The molecule has 1 saturated heterocycles. The van der Waals surface area contributed by atoms with Gasteiger partial charge in [-0.25, -0.2) is 4.79 Å². The molecule has 0 unspecified atom stereocenters. The van der Waals surface area contributed by atoms with Crippen LogP contribution in [0.4, 0.5) is 4.79 Å². The minimum atomic E-state index is -1.07. The summed E-state index contributed by atoms with van der Waals surface area (Å²) in [4.78, 5) is 15.4. The Kier molecular flexibility index (Phi) is 2.45. The molecule has 2 amide bonds. The van der Waals surface area contributed by atoms with E-state index in [2.05, 4.69) is 0 Å². The predicted octanol–water partition coefficient (Wildman–Crippen LogP) is 2.15. The van der Waals surface area contributed by atoms with Crippen molar-refractivity contribution < 1.29 is 19.7 Å². The predicted molar refractivity (Wildman–Crippen MR) is 78.4 cm³/mol. The third kappa shape index (κ3) is 1.50. The van der Waals surface area contributed by atoms with Gasteiger partial charge in [-0.3, -0.25) is 9.80 Å². The molecule has 4 atom stereocenters. The fraction of sp³-hybridized carbons (Fsp3) is 0.235. The molecule has 23 heavy (non-hydrogen) atoms. The van der Waals surface area contributed by atoms with Crippen LogP contribution in [0.5, 0.6) is 0 Å². The monoisotopic (exact) mass is 310 g/mol. The van der Waals surface area contributed by atoms with Crippen molar-refractivity contribution in [3.63, 3.8) is 0 Å². The number of amides is 2. The highest BCUT2D eigenvalue weighted by atomic mass is 16.6. The molecule has 0 saturated carbocycles. The van der Waals surface area contributed by atoms with E-state index in [1.165, 1.54) is 9.80 Å². The zero-order valence-corrected chi connectivity index (χ0v) is 12.0. The Balaban J connectivity index is 1.65. The number of carbonyl (C=O) groups is 1. The zero-order valence-electron chi connectivity index (χ0n) is 12.0. The quantitative estimate of drug-likeness (QED) is 0.782. The Hall–Kier alpha value is -2.41. The van der Waals surface area contributed by atoms with Gasteiger partial charge in [-0.05, 0) is 0 Å². The van der Waals surface area contributed by atoms with E-state index in [9.17, 15) is 15.0 Å². The molecule has 2 aromatic carbocycles. The molecular formula is C17H14N2O4. The van der Waals surface area contributed by atoms with Crippen LogP contribution in [0.15, 0.2) is 48.5 Å². The van der Waals surface area contributed by atoms with E-state index in [1.54, 1.807) is 12.1 Å². The maximum atomic E-state index is 12.9. The van der Waals surface area contributed by atoms with Crippen molar-refractivity contribution in [3.8, 4) is 0 Å². The normalized spacial score (nSPS) is 30.8. The third-order valence-electron chi connectivity index (χ3n) is 4.81. The van der Waals surface area contributed by atoms with Crippen LogP contribution in [-0.4, -0.2) is 26.0 Å². The van der Waals surface area contributed by atoms with Crippen molar-refractivity contribution in [1.29, 1.82) is 0 Å². The molecule has 2 aromatic rings. The minimum Gasteiger partial charge on any atom is -0.369 e. The van der Waals surface area contributed by atoms with Gasteiger partial charge in [0.05, 0.1) is 0 Å². The van der Waals surface area contributed by atoms with Crippen molar-refractivity contribution in [3.05, 3.63) is 70.8 Å². The fourth-order valence-corrected chi connectivity index (χ4v) is 3.74. The maximum absolute atomic E-state index is 12.9. The van der Waals surface area contributed by atoms with Crippen molar-refractivity contribution in [2.75, 3.05) is 0 Å². The molecule has 1 fully saturated rings. The molecule has 0 aromatic heterocycles. The Labute approximate surface area is 132 Å². The minimum absolute atomic E-state index is 0.432. The molecule has 6 heteroatoms. The second kappa shape index (κ2) is 4.32. The molecule has 2 N–H and O–H groups in total. The molecular weight excluding hydrogens is 296 g/mol. The van der Waals surface area contributed by atoms with E-state index in [0.717, 1.165) is 11.1 Å². The number of benzene rings is 2. The topological polar surface area (TPSA) is 73.2 Å². The van der Waals surface area contributed by atoms with Crippen LogP contribution in [0, 0.1) is 0 Å². The summed E-state index contributed by atoms with van der Waals surface area (Å²) in [6, 6.07) is 14.2. The van der Waals surface area contributed by atoms with Crippen molar-refractivity contribution in [2.45, 2.75) is 24.9 Å². The lowest BCUT2D eigenvalue weighted by Crippen LogP contribution is -2.50. The lowest BCUT2D eigenvalue weighted by molar-refractivity contribution is -0.215. The highest BCUT2D eigenvalue weighted by Crippen LogP contribution is 2.53. The first-order chi connectivity index (χ1) is 11.2. The molecule has 0 bridgehead atoms. The number of nitrogens with zero attached hydrogens (tertiary/aromatic N) is 2. The fourth-order valence-electron chi connectivity index (χ4n) is 3.74. The van der Waals surface area contributed by atoms with Crippen LogP contribution in [0.1, 0.15) is 47.2 Å². The highest BCUT2D eigenvalue weighted by molar-refractivity contribution is 5.79. The number of fused-ring (bicyclic) bond motifs is 6. The van der Waals surface area contributed by atoms with E-state index in [0.29, 0.717) is 11.1 Å². The molecule has 3 heterocycles. The van der Waals surface area contributed by atoms with Gasteiger partial charge < -0.3 is 14.9 Å². The highest BCUT2D eigenvalue weighted by Gasteiger charge is 2.54. The number of ether oxygens (including phenoxy) is 1. The Morgan fingerprint density at radius 1 is 0.739 bits per heavy atom. The van der Waals surface area contributed by atoms with Gasteiger partial charge in [0.1, 0.15) is 0 Å². The SMILES string of the molecule is O=C1N2[C@H](O[C@H]3c4ccccc4[C@@H](O)N13)c1ccccc1[C@@H]2O. The van der Waals surface area contributed by atoms with E-state index >= 15 is 0 Å². The van der Waals surface area contributed by atoms with Crippen LogP contribution in [0.3, 0.4) is 0 Å². The molecule has 5 rings (SSSR count). The van der Waals surface area contributed by atoms with Crippen molar-refractivity contribution in [1.82, 2.24) is 9.80 Å². The molecule has 0 aliphatic carbocycles. The summed E-state index contributed by atoms with van der Waals surface area (Å²) >= 11 is 0. The lowest BCUT2D eigenvalue weighted by Gasteiger charge is -2.42. The summed E-state index contributed by atoms with van der Waals surface area (Å²) in [5.74, 6) is 0.